The van der Waals surface area contributed by atoms with Gasteiger partial charge in [-0.3, -0.25) is 14.9 Å². The smallest absolute Gasteiger partial charge is 0.344 e. The largest absolute Gasteiger partial charge is 0.482 e. The number of nitrogens with one attached hydrogen (secondary N) is 1. The van der Waals surface area contributed by atoms with E-state index in [4.69, 9.17) is 21.1 Å². The van der Waals surface area contributed by atoms with Gasteiger partial charge in [-0.2, -0.15) is 0 Å². The van der Waals surface area contributed by atoms with Crippen LogP contribution in [0.1, 0.15) is 23.6 Å². The van der Waals surface area contributed by atoms with E-state index >= 15 is 0 Å². The van der Waals surface area contributed by atoms with Crippen molar-refractivity contribution in [1.82, 2.24) is 5.32 Å². The second-order valence-electron chi connectivity index (χ2n) is 7.34. The molecule has 1 saturated heterocycles. The van der Waals surface area contributed by atoms with Gasteiger partial charge in [0.05, 0.1) is 12.3 Å². The molecule has 34 heavy (non-hydrogen) atoms. The SMILES string of the molecule is C=CCc1cc(/C=C2/C(=O)NC(=O)N(c3ccc(C)c(Cl)c3)C2=O)ccc1OCC(=O)OCC. The minimum absolute atomic E-state index is 0.221. The number of benzene rings is 2. The minimum atomic E-state index is -0.859. The normalized spacial score (nSPS) is 14.7. The lowest BCUT2D eigenvalue weighted by atomic mass is 10.0. The maximum atomic E-state index is 13.1. The molecule has 0 atom stereocenters. The number of esters is 1. The first-order valence-electron chi connectivity index (χ1n) is 10.4. The van der Waals surface area contributed by atoms with Crippen LogP contribution in [0, 0.1) is 6.92 Å². The van der Waals surface area contributed by atoms with Crippen LogP contribution in [0.25, 0.3) is 6.08 Å². The van der Waals surface area contributed by atoms with E-state index in [1.165, 1.54) is 12.1 Å². The van der Waals surface area contributed by atoms with Crippen LogP contribution in [-0.4, -0.2) is 37.0 Å². The number of carbonyl (C=O) groups is 4. The van der Waals surface area contributed by atoms with E-state index in [1.54, 1.807) is 50.3 Å². The Kier molecular flexibility index (Phi) is 7.86. The number of aryl methyl sites for hydroxylation is 1. The lowest BCUT2D eigenvalue weighted by Crippen LogP contribution is -2.54. The fourth-order valence-electron chi connectivity index (χ4n) is 3.26. The molecule has 176 valence electrons. The molecule has 0 unspecified atom stereocenters. The zero-order chi connectivity index (χ0) is 24.8. The zero-order valence-electron chi connectivity index (χ0n) is 18.7. The molecule has 1 N–H and O–H groups in total. The van der Waals surface area contributed by atoms with Gasteiger partial charge in [0.2, 0.25) is 0 Å². The van der Waals surface area contributed by atoms with E-state index in [0.29, 0.717) is 28.3 Å². The number of allylic oxidation sites excluding steroid dienone is 1. The summed E-state index contributed by atoms with van der Waals surface area (Å²) in [5.41, 5.74) is 2.01. The van der Waals surface area contributed by atoms with Gasteiger partial charge in [0.1, 0.15) is 11.3 Å². The van der Waals surface area contributed by atoms with Crippen LogP contribution in [0.4, 0.5) is 10.5 Å². The molecule has 0 radical (unpaired) electrons. The topological polar surface area (TPSA) is 102 Å². The van der Waals surface area contributed by atoms with Crippen molar-refractivity contribution in [3.63, 3.8) is 0 Å². The summed E-state index contributed by atoms with van der Waals surface area (Å²) in [6.07, 6.45) is 3.46. The van der Waals surface area contributed by atoms with Crippen molar-refractivity contribution >= 4 is 47.2 Å². The number of nitrogens with zero attached hydrogens (tertiary/aromatic N) is 1. The fraction of sp³-hybridized carbons (Fsp3) is 0.200. The molecule has 1 aliphatic rings. The van der Waals surface area contributed by atoms with Gasteiger partial charge in [0, 0.05) is 5.02 Å². The maximum Gasteiger partial charge on any atom is 0.344 e. The highest BCUT2D eigenvalue weighted by atomic mass is 35.5. The Morgan fingerprint density at radius 1 is 1.18 bits per heavy atom. The van der Waals surface area contributed by atoms with Crippen molar-refractivity contribution in [2.75, 3.05) is 18.1 Å². The van der Waals surface area contributed by atoms with Gasteiger partial charge in [-0.15, -0.1) is 6.58 Å². The Morgan fingerprint density at radius 3 is 2.62 bits per heavy atom. The highest BCUT2D eigenvalue weighted by Gasteiger charge is 2.37. The Hall–Kier alpha value is -3.91. The minimum Gasteiger partial charge on any atom is -0.482 e. The first-order valence-corrected chi connectivity index (χ1v) is 10.8. The quantitative estimate of drug-likeness (QED) is 0.264. The van der Waals surface area contributed by atoms with Gasteiger partial charge in [-0.1, -0.05) is 29.8 Å². The molecule has 8 nitrogen and oxygen atoms in total. The van der Waals surface area contributed by atoms with Crippen LogP contribution in [-0.2, 0) is 25.5 Å². The average molecular weight is 483 g/mol. The highest BCUT2D eigenvalue weighted by molar-refractivity contribution is 6.39. The van der Waals surface area contributed by atoms with Gasteiger partial charge in [0.25, 0.3) is 11.8 Å². The van der Waals surface area contributed by atoms with Crippen molar-refractivity contribution in [2.45, 2.75) is 20.3 Å². The lowest BCUT2D eigenvalue weighted by molar-refractivity contribution is -0.145. The van der Waals surface area contributed by atoms with Crippen LogP contribution in [0.5, 0.6) is 5.75 Å². The molecule has 2 aromatic carbocycles. The first kappa shape index (κ1) is 24.7. The molecule has 1 aliphatic heterocycles. The summed E-state index contributed by atoms with van der Waals surface area (Å²) >= 11 is 6.15. The number of hydrogen-bond acceptors (Lipinski definition) is 6. The van der Waals surface area contributed by atoms with Crippen molar-refractivity contribution in [2.24, 2.45) is 0 Å². The second kappa shape index (κ2) is 10.8. The summed E-state index contributed by atoms with van der Waals surface area (Å²) in [5, 5.41) is 2.56. The van der Waals surface area contributed by atoms with Gasteiger partial charge < -0.3 is 9.47 Å². The number of hydrogen-bond donors (Lipinski definition) is 1. The van der Waals surface area contributed by atoms with E-state index in [2.05, 4.69) is 11.9 Å². The molecule has 2 aromatic rings. The summed E-state index contributed by atoms with van der Waals surface area (Å²) < 4.78 is 10.4. The molecular formula is C25H23ClN2O6. The molecule has 0 aliphatic carbocycles. The number of anilines is 1. The third-order valence-corrected chi connectivity index (χ3v) is 5.33. The number of amides is 4. The average Bonchev–Trinajstić information content (AvgIpc) is 2.78. The summed E-state index contributed by atoms with van der Waals surface area (Å²) in [6.45, 7) is 7.21. The third kappa shape index (κ3) is 5.52. The zero-order valence-corrected chi connectivity index (χ0v) is 19.5. The molecular weight excluding hydrogens is 460 g/mol. The predicted octanol–water partition coefficient (Wildman–Crippen LogP) is 3.99. The second-order valence-corrected chi connectivity index (χ2v) is 7.75. The summed E-state index contributed by atoms with van der Waals surface area (Å²) in [7, 11) is 0. The van der Waals surface area contributed by atoms with Crippen LogP contribution in [0.2, 0.25) is 5.02 Å². The fourth-order valence-corrected chi connectivity index (χ4v) is 3.44. The Labute approximate surface area is 201 Å². The van der Waals surface area contributed by atoms with E-state index in [1.807, 2.05) is 0 Å². The van der Waals surface area contributed by atoms with Crippen molar-refractivity contribution in [3.05, 3.63) is 76.3 Å². The van der Waals surface area contributed by atoms with E-state index in [0.717, 1.165) is 10.5 Å². The summed E-state index contributed by atoms with van der Waals surface area (Å²) in [6, 6.07) is 8.84. The Morgan fingerprint density at radius 2 is 1.94 bits per heavy atom. The summed E-state index contributed by atoms with van der Waals surface area (Å²) in [5.74, 6) is -1.64. The molecule has 1 fully saturated rings. The highest BCUT2D eigenvalue weighted by Crippen LogP contribution is 2.28. The number of barbiturate groups is 1. The van der Waals surface area contributed by atoms with Gasteiger partial charge in [-0.25, -0.2) is 14.5 Å². The van der Waals surface area contributed by atoms with Gasteiger partial charge in [-0.05, 0) is 67.3 Å². The van der Waals surface area contributed by atoms with Crippen molar-refractivity contribution in [1.29, 1.82) is 0 Å². The molecule has 3 rings (SSSR count). The number of halogens is 1. The maximum absolute atomic E-state index is 13.1. The number of urea groups is 1. The summed E-state index contributed by atoms with van der Waals surface area (Å²) in [4.78, 5) is 50.4. The van der Waals surface area contributed by atoms with Gasteiger partial charge in [0.15, 0.2) is 6.61 Å². The molecule has 1 heterocycles. The van der Waals surface area contributed by atoms with Gasteiger partial charge >= 0.3 is 12.0 Å². The number of carbonyl (C=O) groups excluding carboxylic acids is 4. The van der Waals surface area contributed by atoms with E-state index < -0.39 is 23.8 Å². The molecule has 0 bridgehead atoms. The Balaban J connectivity index is 1.92. The van der Waals surface area contributed by atoms with Crippen LogP contribution < -0.4 is 15.0 Å². The predicted molar refractivity (Wildman–Crippen MR) is 128 cm³/mol. The molecule has 4 amide bonds. The third-order valence-electron chi connectivity index (χ3n) is 4.93. The molecule has 0 saturated carbocycles. The first-order chi connectivity index (χ1) is 16.2. The van der Waals surface area contributed by atoms with Crippen molar-refractivity contribution < 1.29 is 28.7 Å². The van der Waals surface area contributed by atoms with Crippen molar-refractivity contribution in [3.8, 4) is 5.75 Å². The van der Waals surface area contributed by atoms with E-state index in [-0.39, 0.29) is 24.5 Å². The van der Waals surface area contributed by atoms with Crippen LogP contribution in [0.15, 0.2) is 54.6 Å². The lowest BCUT2D eigenvalue weighted by Gasteiger charge is -2.26. The monoisotopic (exact) mass is 482 g/mol. The Bertz CT molecular complexity index is 1200. The van der Waals surface area contributed by atoms with E-state index in [9.17, 15) is 19.2 Å². The number of imide groups is 2. The molecule has 9 heteroatoms. The molecule has 0 aromatic heterocycles. The standard InChI is InChI=1S/C25H23ClN2O6/c1-4-6-17-11-16(8-10-21(17)34-14-22(29)33-5-2)12-19-23(30)27-25(32)28(24(19)31)18-9-7-15(3)20(26)13-18/h4,7-13H,1,5-6,14H2,2-3H3,(H,27,30,32)/b19-12-. The van der Waals surface area contributed by atoms with Crippen LogP contribution >= 0.6 is 11.6 Å². The number of ether oxygens (including phenoxy) is 2. The molecule has 0 spiro atoms. The number of rotatable bonds is 8. The van der Waals surface area contributed by atoms with Crippen LogP contribution in [0.3, 0.4) is 0 Å².